The maximum Gasteiger partial charge on any atom is -0.00139 e. The zero-order chi connectivity index (χ0) is 12.4. The summed E-state index contributed by atoms with van der Waals surface area (Å²) in [5.41, 5.74) is 6.82. The molecule has 0 radical (unpaired) electrons. The summed E-state index contributed by atoms with van der Waals surface area (Å²) in [5.74, 6) is 0. The predicted molar refractivity (Wildman–Crippen MR) is 78.2 cm³/mol. The molecule has 2 aromatic rings. The Hall–Kier alpha value is -2.08. The minimum atomic E-state index is 1.04. The van der Waals surface area contributed by atoms with Gasteiger partial charge in [-0.15, -0.1) is 0 Å². The second-order valence-corrected chi connectivity index (χ2v) is 4.80. The Morgan fingerprint density at radius 1 is 0.722 bits per heavy atom. The Labute approximate surface area is 108 Å². The Bertz CT molecular complexity index is 615. The van der Waals surface area contributed by atoms with E-state index in [-0.39, 0.29) is 0 Å². The molecule has 0 heterocycles. The molecule has 0 spiro atoms. The van der Waals surface area contributed by atoms with Crippen LogP contribution in [0.3, 0.4) is 0 Å². The van der Waals surface area contributed by atoms with Crippen LogP contribution >= 0.6 is 0 Å². The third kappa shape index (κ3) is 2.14. The van der Waals surface area contributed by atoms with Crippen LogP contribution in [-0.4, -0.2) is 0 Å². The summed E-state index contributed by atoms with van der Waals surface area (Å²) in [6, 6.07) is 19.3. The fourth-order valence-electron chi connectivity index (χ4n) is 2.42. The van der Waals surface area contributed by atoms with E-state index in [0.29, 0.717) is 0 Å². The summed E-state index contributed by atoms with van der Waals surface area (Å²) in [6.07, 6.45) is 5.53. The molecule has 0 aromatic heterocycles. The summed E-state index contributed by atoms with van der Waals surface area (Å²) in [4.78, 5) is 0. The van der Waals surface area contributed by atoms with Crippen LogP contribution in [0.15, 0.2) is 66.7 Å². The summed E-state index contributed by atoms with van der Waals surface area (Å²) >= 11 is 0. The first-order chi connectivity index (χ1) is 8.83. The first kappa shape index (κ1) is 11.0. The van der Waals surface area contributed by atoms with E-state index in [0.717, 1.165) is 6.42 Å². The highest BCUT2D eigenvalue weighted by Crippen LogP contribution is 2.33. The first-order valence-electron chi connectivity index (χ1n) is 6.35. The predicted octanol–water partition coefficient (Wildman–Crippen LogP) is 4.87. The molecule has 0 amide bonds. The molecule has 0 unspecified atom stereocenters. The highest BCUT2D eigenvalue weighted by molar-refractivity contribution is 5.86. The van der Waals surface area contributed by atoms with E-state index in [1.807, 2.05) is 0 Å². The van der Waals surface area contributed by atoms with Crippen molar-refractivity contribution in [3.05, 3.63) is 83.4 Å². The van der Waals surface area contributed by atoms with Crippen LogP contribution in [0.4, 0.5) is 0 Å². The molecule has 1 aliphatic carbocycles. The number of aryl methyl sites for hydroxylation is 1. The largest absolute Gasteiger partial charge is 0.0622 e. The second kappa shape index (κ2) is 4.66. The standard InChI is InChI=1S/C18H16/c1-14-6-5-9-16(12-14)18-11-10-17(13-18)15-7-3-2-4-8-15/h2-12H,13H2,1H3. The normalized spacial score (nSPS) is 14.3. The van der Waals surface area contributed by atoms with E-state index in [1.54, 1.807) is 0 Å². The molecular formula is C18H16. The average molecular weight is 232 g/mol. The Balaban J connectivity index is 1.82. The van der Waals surface area contributed by atoms with Gasteiger partial charge >= 0.3 is 0 Å². The van der Waals surface area contributed by atoms with Gasteiger partial charge in [-0.25, -0.2) is 0 Å². The van der Waals surface area contributed by atoms with Crippen LogP contribution in [0, 0.1) is 6.92 Å². The molecule has 18 heavy (non-hydrogen) atoms. The Morgan fingerprint density at radius 3 is 2.11 bits per heavy atom. The minimum absolute atomic E-state index is 1.04. The van der Waals surface area contributed by atoms with Gasteiger partial charge in [-0.2, -0.15) is 0 Å². The van der Waals surface area contributed by atoms with Gasteiger partial charge in [0.15, 0.2) is 0 Å². The maximum atomic E-state index is 2.26. The topological polar surface area (TPSA) is 0 Å². The molecule has 88 valence electrons. The molecule has 0 saturated heterocycles. The van der Waals surface area contributed by atoms with Crippen molar-refractivity contribution < 1.29 is 0 Å². The van der Waals surface area contributed by atoms with Gasteiger partial charge in [0.25, 0.3) is 0 Å². The van der Waals surface area contributed by atoms with Crippen LogP contribution in [-0.2, 0) is 0 Å². The summed E-state index contributed by atoms with van der Waals surface area (Å²) in [5, 5.41) is 0. The quantitative estimate of drug-likeness (QED) is 0.693. The van der Waals surface area contributed by atoms with Crippen molar-refractivity contribution in [3.63, 3.8) is 0 Å². The number of hydrogen-bond donors (Lipinski definition) is 0. The van der Waals surface area contributed by atoms with Crippen molar-refractivity contribution in [1.82, 2.24) is 0 Å². The van der Waals surface area contributed by atoms with Gasteiger partial charge < -0.3 is 0 Å². The number of benzene rings is 2. The highest BCUT2D eigenvalue weighted by Gasteiger charge is 2.11. The lowest BCUT2D eigenvalue weighted by Crippen LogP contribution is -1.85. The van der Waals surface area contributed by atoms with Gasteiger partial charge in [-0.3, -0.25) is 0 Å². The van der Waals surface area contributed by atoms with Gasteiger partial charge in [0.2, 0.25) is 0 Å². The van der Waals surface area contributed by atoms with Gasteiger partial charge in [0, 0.05) is 0 Å². The van der Waals surface area contributed by atoms with Crippen molar-refractivity contribution >= 4 is 11.1 Å². The lowest BCUT2D eigenvalue weighted by molar-refractivity contribution is 1.39. The van der Waals surface area contributed by atoms with Crippen LogP contribution in [0.1, 0.15) is 23.1 Å². The van der Waals surface area contributed by atoms with E-state index in [4.69, 9.17) is 0 Å². The van der Waals surface area contributed by atoms with Crippen molar-refractivity contribution in [3.8, 4) is 0 Å². The van der Waals surface area contributed by atoms with Crippen LogP contribution < -0.4 is 0 Å². The number of rotatable bonds is 2. The molecule has 3 rings (SSSR count). The number of hydrogen-bond acceptors (Lipinski definition) is 0. The Kier molecular flexibility index (Phi) is 2.85. The zero-order valence-electron chi connectivity index (χ0n) is 10.6. The SMILES string of the molecule is Cc1cccc(C2=CC=C(c3ccccc3)C2)c1. The molecule has 1 aliphatic rings. The molecule has 0 atom stereocenters. The number of allylic oxidation sites excluding steroid dienone is 4. The van der Waals surface area contributed by atoms with Gasteiger partial charge in [-0.1, -0.05) is 72.3 Å². The monoisotopic (exact) mass is 232 g/mol. The van der Waals surface area contributed by atoms with Crippen LogP contribution in [0.5, 0.6) is 0 Å². The van der Waals surface area contributed by atoms with Crippen molar-refractivity contribution in [1.29, 1.82) is 0 Å². The first-order valence-corrected chi connectivity index (χ1v) is 6.35. The fraction of sp³-hybridized carbons (Fsp3) is 0.111. The van der Waals surface area contributed by atoms with E-state index in [2.05, 4.69) is 73.7 Å². The zero-order valence-corrected chi connectivity index (χ0v) is 10.6. The molecule has 0 fully saturated rings. The minimum Gasteiger partial charge on any atom is -0.0622 e. The van der Waals surface area contributed by atoms with E-state index in [1.165, 1.54) is 27.8 Å². The molecule has 0 heteroatoms. The van der Waals surface area contributed by atoms with Crippen molar-refractivity contribution in [2.24, 2.45) is 0 Å². The van der Waals surface area contributed by atoms with Crippen molar-refractivity contribution in [2.45, 2.75) is 13.3 Å². The highest BCUT2D eigenvalue weighted by atomic mass is 14.2. The van der Waals surface area contributed by atoms with Crippen LogP contribution in [0.2, 0.25) is 0 Å². The van der Waals surface area contributed by atoms with Gasteiger partial charge in [0.05, 0.1) is 0 Å². The summed E-state index contributed by atoms with van der Waals surface area (Å²) in [6.45, 7) is 2.14. The molecule has 0 nitrogen and oxygen atoms in total. The molecule has 0 bridgehead atoms. The smallest absolute Gasteiger partial charge is 0.00139 e. The molecule has 0 aliphatic heterocycles. The summed E-state index contributed by atoms with van der Waals surface area (Å²) in [7, 11) is 0. The molecule has 0 N–H and O–H groups in total. The Morgan fingerprint density at radius 2 is 1.39 bits per heavy atom. The van der Waals surface area contributed by atoms with E-state index < -0.39 is 0 Å². The average Bonchev–Trinajstić information content (AvgIpc) is 2.89. The van der Waals surface area contributed by atoms with E-state index in [9.17, 15) is 0 Å². The molecule has 2 aromatic carbocycles. The van der Waals surface area contributed by atoms with Gasteiger partial charge in [0.1, 0.15) is 0 Å². The molecular weight excluding hydrogens is 216 g/mol. The lowest BCUT2D eigenvalue weighted by Gasteiger charge is -2.06. The molecule has 0 saturated carbocycles. The summed E-state index contributed by atoms with van der Waals surface area (Å²) < 4.78 is 0. The van der Waals surface area contributed by atoms with E-state index >= 15 is 0 Å². The van der Waals surface area contributed by atoms with Gasteiger partial charge in [-0.05, 0) is 35.6 Å². The maximum absolute atomic E-state index is 2.26. The van der Waals surface area contributed by atoms with Crippen LogP contribution in [0.25, 0.3) is 11.1 Å². The second-order valence-electron chi connectivity index (χ2n) is 4.80. The lowest BCUT2D eigenvalue weighted by atomic mass is 9.98. The third-order valence-corrected chi connectivity index (χ3v) is 3.40. The fourth-order valence-corrected chi connectivity index (χ4v) is 2.42. The van der Waals surface area contributed by atoms with Crippen molar-refractivity contribution in [2.75, 3.05) is 0 Å². The third-order valence-electron chi connectivity index (χ3n) is 3.40.